The summed E-state index contributed by atoms with van der Waals surface area (Å²) in [5, 5.41) is 0. The second kappa shape index (κ2) is 13.3. The molecule has 23 heavy (non-hydrogen) atoms. The molecule has 0 amide bonds. The fourth-order valence-electron chi connectivity index (χ4n) is 1.52. The summed E-state index contributed by atoms with van der Waals surface area (Å²) in [6, 6.07) is 0. The summed E-state index contributed by atoms with van der Waals surface area (Å²) >= 11 is 0. The van der Waals surface area contributed by atoms with Crippen LogP contribution >= 0.6 is 7.60 Å². The highest BCUT2D eigenvalue weighted by atomic mass is 31.2. The predicted octanol–water partition coefficient (Wildman–Crippen LogP) is 3.09. The number of hydrogen-bond donors (Lipinski definition) is 0. The van der Waals surface area contributed by atoms with Crippen molar-refractivity contribution in [2.75, 3.05) is 33.6 Å². The third kappa shape index (κ3) is 12.0. The van der Waals surface area contributed by atoms with Gasteiger partial charge in [-0.3, -0.25) is 9.36 Å². The zero-order chi connectivity index (χ0) is 17.6. The van der Waals surface area contributed by atoms with Crippen molar-refractivity contribution < 1.29 is 32.7 Å². The molecule has 0 fully saturated rings. The molecule has 0 aliphatic heterocycles. The van der Waals surface area contributed by atoms with E-state index in [1.165, 1.54) is 20.3 Å². The first kappa shape index (κ1) is 21.8. The van der Waals surface area contributed by atoms with Gasteiger partial charge in [0.2, 0.25) is 0 Å². The number of hydrogen-bond acceptors (Lipinski definition) is 7. The second-order valence-electron chi connectivity index (χ2n) is 4.77. The quantitative estimate of drug-likeness (QED) is 0.218. The van der Waals surface area contributed by atoms with Crippen LogP contribution in [-0.2, 0) is 32.7 Å². The molecule has 7 nitrogen and oxygen atoms in total. The van der Waals surface area contributed by atoms with E-state index in [0.717, 1.165) is 19.3 Å². The van der Waals surface area contributed by atoms with Gasteiger partial charge in [-0.05, 0) is 19.3 Å². The van der Waals surface area contributed by atoms with E-state index >= 15 is 0 Å². The van der Waals surface area contributed by atoms with Crippen LogP contribution < -0.4 is 0 Å². The summed E-state index contributed by atoms with van der Waals surface area (Å²) in [7, 11) is -0.957. The largest absolute Gasteiger partial charge is 0.465 e. The Hall–Kier alpha value is -1.17. The Labute approximate surface area is 137 Å². The van der Waals surface area contributed by atoms with Gasteiger partial charge in [-0.15, -0.1) is 0 Å². The van der Waals surface area contributed by atoms with Gasteiger partial charge in [0.05, 0.1) is 13.2 Å². The number of esters is 2. The van der Waals surface area contributed by atoms with Crippen LogP contribution in [0.5, 0.6) is 0 Å². The highest BCUT2D eigenvalue weighted by Crippen LogP contribution is 2.45. The van der Waals surface area contributed by atoms with Crippen LogP contribution in [0.4, 0.5) is 0 Å². The molecule has 0 aliphatic carbocycles. The molecule has 0 aromatic heterocycles. The number of unbranched alkanes of at least 4 members (excludes halogenated alkanes) is 3. The molecule has 8 heteroatoms. The maximum absolute atomic E-state index is 11.7. The van der Waals surface area contributed by atoms with Crippen LogP contribution in [0.25, 0.3) is 0 Å². The lowest BCUT2D eigenvalue weighted by molar-refractivity contribution is -0.142. The van der Waals surface area contributed by atoms with E-state index in [0.29, 0.717) is 12.8 Å². The zero-order valence-corrected chi connectivity index (χ0v) is 15.0. The smallest absolute Gasteiger partial charge is 0.341 e. The highest BCUT2D eigenvalue weighted by Gasteiger charge is 2.26. The van der Waals surface area contributed by atoms with Gasteiger partial charge in [0.25, 0.3) is 0 Å². The van der Waals surface area contributed by atoms with E-state index in [2.05, 4.69) is 16.0 Å². The third-order valence-electron chi connectivity index (χ3n) is 2.90. The Morgan fingerprint density at radius 1 is 1.00 bits per heavy atom. The molecule has 0 saturated heterocycles. The number of rotatable bonds is 13. The summed E-state index contributed by atoms with van der Waals surface area (Å²) < 4.78 is 30.9. The molecular formula is C15H27O7P. The lowest BCUT2D eigenvalue weighted by Gasteiger charge is -2.12. The van der Waals surface area contributed by atoms with Crippen molar-refractivity contribution in [1.82, 2.24) is 0 Å². The minimum absolute atomic E-state index is 0.163. The Kier molecular flexibility index (Phi) is 12.6. The Morgan fingerprint density at radius 3 is 2.17 bits per heavy atom. The maximum Gasteiger partial charge on any atom is 0.341 e. The molecular weight excluding hydrogens is 323 g/mol. The lowest BCUT2D eigenvalue weighted by Crippen LogP contribution is -2.13. The maximum atomic E-state index is 11.7. The summed E-state index contributed by atoms with van der Waals surface area (Å²) in [5.41, 5.74) is 0. The molecule has 134 valence electrons. The molecule has 0 aromatic carbocycles. The van der Waals surface area contributed by atoms with E-state index in [-0.39, 0.29) is 19.2 Å². The molecule has 0 aromatic rings. The highest BCUT2D eigenvalue weighted by molar-refractivity contribution is 7.54. The van der Waals surface area contributed by atoms with Crippen molar-refractivity contribution in [2.45, 2.75) is 39.0 Å². The molecule has 0 N–H and O–H groups in total. The van der Waals surface area contributed by atoms with E-state index in [1.807, 2.05) is 0 Å². The van der Waals surface area contributed by atoms with Gasteiger partial charge in [-0.25, -0.2) is 4.79 Å². The van der Waals surface area contributed by atoms with Gasteiger partial charge in [0.15, 0.2) is 0 Å². The topological polar surface area (TPSA) is 88.1 Å². The standard InChI is InChI=1S/C15H27O7P/c1-4-5-6-7-10-14(16)21-11-8-9-12-22-15(17)13-23(18,19-2)20-3/h7,10H,4-6,8-9,11-13H2,1-3H3. The Morgan fingerprint density at radius 2 is 1.61 bits per heavy atom. The van der Waals surface area contributed by atoms with Gasteiger partial charge in [-0.2, -0.15) is 0 Å². The van der Waals surface area contributed by atoms with Gasteiger partial charge < -0.3 is 18.5 Å². The number of carbonyl (C=O) groups is 2. The molecule has 0 atom stereocenters. The van der Waals surface area contributed by atoms with Crippen molar-refractivity contribution in [2.24, 2.45) is 0 Å². The van der Waals surface area contributed by atoms with Crippen molar-refractivity contribution in [3.8, 4) is 0 Å². The summed E-state index contributed by atoms with van der Waals surface area (Å²) in [5.74, 6) is -1.01. The van der Waals surface area contributed by atoms with Crippen molar-refractivity contribution in [3.05, 3.63) is 12.2 Å². The second-order valence-corrected chi connectivity index (χ2v) is 7.04. The van der Waals surface area contributed by atoms with Crippen LogP contribution in [0, 0.1) is 0 Å². The van der Waals surface area contributed by atoms with Gasteiger partial charge in [0.1, 0.15) is 6.16 Å². The average molecular weight is 350 g/mol. The van der Waals surface area contributed by atoms with E-state index < -0.39 is 19.7 Å². The number of ether oxygens (including phenoxy) is 2. The van der Waals surface area contributed by atoms with Crippen molar-refractivity contribution >= 4 is 19.5 Å². The molecule has 0 radical (unpaired) electrons. The van der Waals surface area contributed by atoms with Crippen LogP contribution in [0.1, 0.15) is 39.0 Å². The molecule has 0 spiro atoms. The van der Waals surface area contributed by atoms with Gasteiger partial charge >= 0.3 is 19.5 Å². The molecule has 0 bridgehead atoms. The van der Waals surface area contributed by atoms with Crippen LogP contribution in [-0.4, -0.2) is 45.5 Å². The van der Waals surface area contributed by atoms with E-state index in [4.69, 9.17) is 9.47 Å². The third-order valence-corrected chi connectivity index (χ3v) is 4.66. The minimum atomic E-state index is -3.38. The predicted molar refractivity (Wildman–Crippen MR) is 86.3 cm³/mol. The molecule has 0 rings (SSSR count). The van der Waals surface area contributed by atoms with Gasteiger partial charge in [-0.1, -0.05) is 25.8 Å². The first-order valence-corrected chi connectivity index (χ1v) is 9.39. The monoisotopic (exact) mass is 350 g/mol. The fraction of sp³-hybridized carbons (Fsp3) is 0.733. The van der Waals surface area contributed by atoms with E-state index in [1.54, 1.807) is 6.08 Å². The fourth-order valence-corrected chi connectivity index (χ4v) is 2.33. The van der Waals surface area contributed by atoms with Crippen LogP contribution in [0.3, 0.4) is 0 Å². The average Bonchev–Trinajstić information content (AvgIpc) is 2.54. The molecule has 0 aliphatic rings. The van der Waals surface area contributed by atoms with Crippen LogP contribution in [0.15, 0.2) is 12.2 Å². The lowest BCUT2D eigenvalue weighted by atomic mass is 10.2. The minimum Gasteiger partial charge on any atom is -0.465 e. The summed E-state index contributed by atoms with van der Waals surface area (Å²) in [4.78, 5) is 22.8. The zero-order valence-electron chi connectivity index (χ0n) is 14.1. The summed E-state index contributed by atoms with van der Waals surface area (Å²) in [6.45, 7) is 2.52. The van der Waals surface area contributed by atoms with Crippen molar-refractivity contribution in [1.29, 1.82) is 0 Å². The molecule has 0 unspecified atom stereocenters. The van der Waals surface area contributed by atoms with E-state index in [9.17, 15) is 14.2 Å². The van der Waals surface area contributed by atoms with Crippen molar-refractivity contribution in [3.63, 3.8) is 0 Å². The van der Waals surface area contributed by atoms with Crippen LogP contribution in [0.2, 0.25) is 0 Å². The number of carbonyl (C=O) groups excluding carboxylic acids is 2. The first-order valence-electron chi connectivity index (χ1n) is 7.67. The Bertz CT molecular complexity index is 412. The molecule has 0 heterocycles. The molecule has 0 saturated carbocycles. The Balaban J connectivity index is 3.66. The normalized spacial score (nSPS) is 11.6. The number of allylic oxidation sites excluding steroid dienone is 1. The SMILES string of the molecule is CCCCC=CC(=O)OCCCCOC(=O)CP(=O)(OC)OC. The summed E-state index contributed by atoms with van der Waals surface area (Å²) in [6.07, 6.45) is 6.94. The van der Waals surface area contributed by atoms with Gasteiger partial charge in [0, 0.05) is 20.3 Å². The first-order chi connectivity index (χ1) is 11.0.